The lowest BCUT2D eigenvalue weighted by atomic mass is 10.2. The molecule has 0 amide bonds. The molecule has 0 unspecified atom stereocenters. The van der Waals surface area contributed by atoms with E-state index in [1.54, 1.807) is 0 Å². The molecule has 0 radical (unpaired) electrons. The van der Waals surface area contributed by atoms with Gasteiger partial charge in [0, 0.05) is 13.2 Å². The summed E-state index contributed by atoms with van der Waals surface area (Å²) < 4.78 is 15.3. The van der Waals surface area contributed by atoms with Gasteiger partial charge in [0.15, 0.2) is 0 Å². The normalized spacial score (nSPS) is 11.7. The van der Waals surface area contributed by atoms with Crippen LogP contribution in [0.15, 0.2) is 15.8 Å². The van der Waals surface area contributed by atoms with Gasteiger partial charge >= 0.3 is 5.69 Å². The van der Waals surface area contributed by atoms with Gasteiger partial charge in [-0.25, -0.2) is 9.18 Å². The quantitative estimate of drug-likeness (QED) is 0.747. The highest BCUT2D eigenvalue weighted by molar-refractivity contribution is 5.30. The number of hydrogen-bond acceptors (Lipinski definition) is 3. The van der Waals surface area contributed by atoms with Crippen molar-refractivity contribution in [1.82, 2.24) is 9.13 Å². The number of alkyl halides is 1. The van der Waals surface area contributed by atoms with Crippen LogP contribution in [0.2, 0.25) is 0 Å². The van der Waals surface area contributed by atoms with Gasteiger partial charge in [-0.2, -0.15) is 0 Å². The first-order valence-corrected chi connectivity index (χ1v) is 4.47. The van der Waals surface area contributed by atoms with Gasteiger partial charge in [-0.15, -0.1) is 0 Å². The van der Waals surface area contributed by atoms with Crippen molar-refractivity contribution in [3.63, 3.8) is 0 Å². The standard InChI is InChI=1S/C9H14FN3O2/c1-9(2,10)5-13-7(14)6(11)4-12(3)8(13)15/h4H,5,11H2,1-3H3. The zero-order chi connectivity index (χ0) is 11.8. The van der Waals surface area contributed by atoms with Crippen LogP contribution in [-0.2, 0) is 13.6 Å². The Hall–Kier alpha value is -1.59. The summed E-state index contributed by atoms with van der Waals surface area (Å²) in [5.41, 5.74) is 2.47. The van der Waals surface area contributed by atoms with Gasteiger partial charge in [0.2, 0.25) is 0 Å². The second-order valence-corrected chi connectivity index (χ2v) is 4.09. The number of nitrogen functional groups attached to an aromatic ring is 1. The zero-order valence-electron chi connectivity index (χ0n) is 8.95. The second kappa shape index (κ2) is 3.52. The predicted octanol–water partition coefficient (Wildman–Crippen LogP) is -0.123. The predicted molar refractivity (Wildman–Crippen MR) is 55.5 cm³/mol. The van der Waals surface area contributed by atoms with Gasteiger partial charge in [0.25, 0.3) is 5.56 Å². The molecule has 0 saturated carbocycles. The number of hydrogen-bond donors (Lipinski definition) is 1. The molecule has 0 spiro atoms. The Kier molecular flexibility index (Phi) is 2.70. The summed E-state index contributed by atoms with van der Waals surface area (Å²) in [5.74, 6) is 0. The van der Waals surface area contributed by atoms with Gasteiger partial charge < -0.3 is 10.3 Å². The van der Waals surface area contributed by atoms with Crippen molar-refractivity contribution in [2.24, 2.45) is 7.05 Å². The first-order chi connectivity index (χ1) is 6.72. The van der Waals surface area contributed by atoms with Crippen LogP contribution < -0.4 is 17.0 Å². The third-order valence-corrected chi connectivity index (χ3v) is 1.89. The minimum absolute atomic E-state index is 0.0682. The maximum absolute atomic E-state index is 13.3. The van der Waals surface area contributed by atoms with Crippen LogP contribution in [0.25, 0.3) is 0 Å². The van der Waals surface area contributed by atoms with Gasteiger partial charge in [0.1, 0.15) is 11.4 Å². The Morgan fingerprint density at radius 3 is 2.47 bits per heavy atom. The number of rotatable bonds is 2. The van der Waals surface area contributed by atoms with Gasteiger partial charge in [-0.3, -0.25) is 9.36 Å². The highest BCUT2D eigenvalue weighted by Gasteiger charge is 2.19. The van der Waals surface area contributed by atoms with Crippen LogP contribution in [0.1, 0.15) is 13.8 Å². The van der Waals surface area contributed by atoms with E-state index in [0.29, 0.717) is 0 Å². The summed E-state index contributed by atoms with van der Waals surface area (Å²) in [6.45, 7) is 2.29. The van der Waals surface area contributed by atoms with E-state index in [4.69, 9.17) is 5.73 Å². The summed E-state index contributed by atoms with van der Waals surface area (Å²) in [6.07, 6.45) is 1.23. The average Bonchev–Trinajstić information content (AvgIpc) is 2.08. The molecule has 0 atom stereocenters. The number of aromatic nitrogens is 2. The molecule has 2 N–H and O–H groups in total. The number of aryl methyl sites for hydroxylation is 1. The van der Waals surface area contributed by atoms with E-state index < -0.39 is 16.9 Å². The van der Waals surface area contributed by atoms with Crippen molar-refractivity contribution in [1.29, 1.82) is 0 Å². The number of nitrogens with zero attached hydrogens (tertiary/aromatic N) is 2. The number of halogens is 1. The monoisotopic (exact) mass is 215 g/mol. The molecule has 0 bridgehead atoms. The van der Waals surface area contributed by atoms with Crippen molar-refractivity contribution in [3.05, 3.63) is 27.0 Å². The molecule has 84 valence electrons. The van der Waals surface area contributed by atoms with Gasteiger partial charge in [0.05, 0.1) is 6.54 Å². The summed E-state index contributed by atoms with van der Waals surface area (Å²) >= 11 is 0. The first-order valence-electron chi connectivity index (χ1n) is 4.47. The molecular weight excluding hydrogens is 201 g/mol. The molecule has 15 heavy (non-hydrogen) atoms. The maximum Gasteiger partial charge on any atom is 0.330 e. The van der Waals surface area contributed by atoms with E-state index in [0.717, 1.165) is 9.13 Å². The average molecular weight is 215 g/mol. The molecule has 0 saturated heterocycles. The minimum atomic E-state index is -1.64. The smallest absolute Gasteiger partial charge is 0.330 e. The van der Waals surface area contributed by atoms with Crippen LogP contribution in [0.5, 0.6) is 0 Å². The molecule has 6 heteroatoms. The van der Waals surface area contributed by atoms with Crippen LogP contribution in [-0.4, -0.2) is 14.8 Å². The third-order valence-electron chi connectivity index (χ3n) is 1.89. The Morgan fingerprint density at radius 1 is 1.47 bits per heavy atom. The molecule has 5 nitrogen and oxygen atoms in total. The first kappa shape index (κ1) is 11.5. The highest BCUT2D eigenvalue weighted by Crippen LogP contribution is 2.09. The molecular formula is C9H14FN3O2. The van der Waals surface area contributed by atoms with Crippen LogP contribution in [0, 0.1) is 0 Å². The molecule has 1 rings (SSSR count). The molecule has 1 aromatic heterocycles. The Morgan fingerprint density at radius 2 is 2.00 bits per heavy atom. The lowest BCUT2D eigenvalue weighted by Crippen LogP contribution is -2.43. The molecule has 0 aliphatic carbocycles. The largest absolute Gasteiger partial charge is 0.393 e. The summed E-state index contributed by atoms with van der Waals surface area (Å²) in [4.78, 5) is 23.0. The van der Waals surface area contributed by atoms with E-state index in [2.05, 4.69) is 0 Å². The molecule has 0 aliphatic heterocycles. The summed E-state index contributed by atoms with van der Waals surface area (Å²) in [6, 6.07) is 0. The van der Waals surface area contributed by atoms with E-state index >= 15 is 0 Å². The lowest BCUT2D eigenvalue weighted by molar-refractivity contribution is 0.181. The van der Waals surface area contributed by atoms with Crippen molar-refractivity contribution >= 4 is 5.69 Å². The van der Waals surface area contributed by atoms with Crippen molar-refractivity contribution in [2.75, 3.05) is 5.73 Å². The van der Waals surface area contributed by atoms with Crippen molar-refractivity contribution in [3.8, 4) is 0 Å². The molecule has 1 aromatic rings. The molecule has 0 fully saturated rings. The Bertz CT molecular complexity index is 447. The zero-order valence-corrected chi connectivity index (χ0v) is 8.95. The fourth-order valence-electron chi connectivity index (χ4n) is 1.27. The molecule has 1 heterocycles. The van der Waals surface area contributed by atoms with Gasteiger partial charge in [-0.05, 0) is 13.8 Å². The second-order valence-electron chi connectivity index (χ2n) is 4.09. The van der Waals surface area contributed by atoms with E-state index in [-0.39, 0.29) is 12.2 Å². The van der Waals surface area contributed by atoms with Crippen LogP contribution in [0.3, 0.4) is 0 Å². The summed E-state index contributed by atoms with van der Waals surface area (Å²) in [5, 5.41) is 0. The van der Waals surface area contributed by atoms with E-state index in [1.165, 1.54) is 27.1 Å². The van der Waals surface area contributed by atoms with Crippen molar-refractivity contribution < 1.29 is 4.39 Å². The lowest BCUT2D eigenvalue weighted by Gasteiger charge is -2.16. The maximum atomic E-state index is 13.3. The topological polar surface area (TPSA) is 70.0 Å². The Balaban J connectivity index is 3.41. The fourth-order valence-corrected chi connectivity index (χ4v) is 1.27. The van der Waals surface area contributed by atoms with E-state index in [1.807, 2.05) is 0 Å². The SMILES string of the molecule is Cn1cc(N)c(=O)n(CC(C)(C)F)c1=O. The van der Waals surface area contributed by atoms with Gasteiger partial charge in [-0.1, -0.05) is 0 Å². The molecule has 0 aliphatic rings. The summed E-state index contributed by atoms with van der Waals surface area (Å²) in [7, 11) is 1.46. The molecule has 0 aromatic carbocycles. The van der Waals surface area contributed by atoms with Crippen molar-refractivity contribution in [2.45, 2.75) is 26.1 Å². The number of nitrogens with two attached hydrogens (primary N) is 1. The minimum Gasteiger partial charge on any atom is -0.393 e. The van der Waals surface area contributed by atoms with E-state index in [9.17, 15) is 14.0 Å². The van der Waals surface area contributed by atoms with Crippen LogP contribution in [0.4, 0.5) is 10.1 Å². The fraction of sp³-hybridized carbons (Fsp3) is 0.556. The number of anilines is 1. The highest BCUT2D eigenvalue weighted by atomic mass is 19.1. The van der Waals surface area contributed by atoms with Crippen LogP contribution >= 0.6 is 0 Å². The Labute approximate surface area is 85.9 Å². The third kappa shape index (κ3) is 2.45.